The van der Waals surface area contributed by atoms with Crippen LogP contribution < -0.4 is 0 Å². The lowest BCUT2D eigenvalue weighted by Crippen LogP contribution is -2.05. The molecule has 0 heterocycles. The summed E-state index contributed by atoms with van der Waals surface area (Å²) in [6.45, 7) is 11.6. The molecule has 0 saturated carbocycles. The van der Waals surface area contributed by atoms with Crippen LogP contribution in [0.5, 0.6) is 0 Å². The van der Waals surface area contributed by atoms with Gasteiger partial charge in [0.1, 0.15) is 5.78 Å². The summed E-state index contributed by atoms with van der Waals surface area (Å²) in [7, 11) is 0. The van der Waals surface area contributed by atoms with Crippen LogP contribution in [0.25, 0.3) is 0 Å². The summed E-state index contributed by atoms with van der Waals surface area (Å²) >= 11 is 0. The molecule has 0 bridgehead atoms. The predicted octanol–water partition coefficient (Wildman–Crippen LogP) is 3.68. The van der Waals surface area contributed by atoms with Crippen LogP contribution in [-0.4, -0.2) is 5.78 Å². The van der Waals surface area contributed by atoms with Crippen molar-refractivity contribution in [3.63, 3.8) is 0 Å². The number of hydrogen-bond donors (Lipinski definition) is 0. The molecule has 14 heavy (non-hydrogen) atoms. The summed E-state index contributed by atoms with van der Waals surface area (Å²) in [5.41, 5.74) is 0.995. The number of allylic oxidation sites excluding steroid dienone is 4. The molecule has 0 unspecified atom stereocenters. The van der Waals surface area contributed by atoms with Crippen molar-refractivity contribution >= 4 is 5.78 Å². The Morgan fingerprint density at radius 3 is 2.64 bits per heavy atom. The van der Waals surface area contributed by atoms with E-state index in [1.54, 1.807) is 6.08 Å². The molecule has 0 N–H and O–H groups in total. The van der Waals surface area contributed by atoms with Crippen molar-refractivity contribution in [1.29, 1.82) is 0 Å². The average molecular weight is 192 g/mol. The Balaban J connectivity index is 4.00. The minimum Gasteiger partial charge on any atom is -0.300 e. The smallest absolute Gasteiger partial charge is 0.133 e. The zero-order valence-electron chi connectivity index (χ0n) is 9.25. The first-order valence-electron chi connectivity index (χ1n) is 5.11. The summed E-state index contributed by atoms with van der Waals surface area (Å²) in [4.78, 5) is 11.3. The molecule has 0 spiro atoms. The molecular weight excluding hydrogens is 172 g/mol. The molecule has 1 heteroatoms. The van der Waals surface area contributed by atoms with E-state index in [9.17, 15) is 4.79 Å². The maximum Gasteiger partial charge on any atom is 0.133 e. The standard InChI is InChI=1S/C13H20O/c1-5-7-9-11(3)12(4)10-13(14)8-6-2/h5,7,9,12H,1,3,6,8,10H2,2,4H3/b9-7-/t12-/m0/s1. The van der Waals surface area contributed by atoms with E-state index >= 15 is 0 Å². The van der Waals surface area contributed by atoms with Gasteiger partial charge in [0.15, 0.2) is 0 Å². The lowest BCUT2D eigenvalue weighted by Gasteiger charge is -2.09. The summed E-state index contributed by atoms with van der Waals surface area (Å²) < 4.78 is 0. The van der Waals surface area contributed by atoms with Crippen molar-refractivity contribution in [2.45, 2.75) is 33.1 Å². The maximum atomic E-state index is 11.3. The molecular formula is C13H20O. The fourth-order valence-corrected chi connectivity index (χ4v) is 1.21. The van der Waals surface area contributed by atoms with Crippen molar-refractivity contribution < 1.29 is 4.79 Å². The van der Waals surface area contributed by atoms with Crippen molar-refractivity contribution in [3.8, 4) is 0 Å². The summed E-state index contributed by atoms with van der Waals surface area (Å²) in [6, 6.07) is 0. The molecule has 0 amide bonds. The normalized spacial score (nSPS) is 12.7. The van der Waals surface area contributed by atoms with Gasteiger partial charge >= 0.3 is 0 Å². The number of Topliss-reactive ketones (excluding diaryl/α,β-unsaturated/α-hetero) is 1. The summed E-state index contributed by atoms with van der Waals surface area (Å²) in [5, 5.41) is 0. The Labute approximate surface area is 87.2 Å². The van der Waals surface area contributed by atoms with Gasteiger partial charge in [-0.05, 0) is 12.3 Å². The summed E-state index contributed by atoms with van der Waals surface area (Å²) in [5.74, 6) is 0.568. The first-order valence-corrected chi connectivity index (χ1v) is 5.11. The second-order valence-corrected chi connectivity index (χ2v) is 3.56. The minimum atomic E-state index is 0.241. The molecule has 0 aromatic rings. The Bertz CT molecular complexity index is 236. The molecule has 0 aromatic carbocycles. The number of ketones is 1. The van der Waals surface area contributed by atoms with E-state index in [-0.39, 0.29) is 5.92 Å². The van der Waals surface area contributed by atoms with Crippen LogP contribution in [0.15, 0.2) is 37.0 Å². The molecule has 0 aliphatic heterocycles. The van der Waals surface area contributed by atoms with Crippen LogP contribution in [0.4, 0.5) is 0 Å². The SMILES string of the molecule is C=C/C=C\C(=C)[C@@H](C)CC(=O)CCC. The van der Waals surface area contributed by atoms with Gasteiger partial charge in [-0.25, -0.2) is 0 Å². The molecule has 0 aromatic heterocycles. The third kappa shape index (κ3) is 5.52. The van der Waals surface area contributed by atoms with Crippen molar-refractivity contribution in [2.75, 3.05) is 0 Å². The van der Waals surface area contributed by atoms with E-state index < -0.39 is 0 Å². The van der Waals surface area contributed by atoms with Crippen LogP contribution >= 0.6 is 0 Å². The zero-order valence-corrected chi connectivity index (χ0v) is 9.25. The average Bonchev–Trinajstić information content (AvgIpc) is 2.14. The van der Waals surface area contributed by atoms with Gasteiger partial charge in [-0.2, -0.15) is 0 Å². The Morgan fingerprint density at radius 1 is 1.50 bits per heavy atom. The Morgan fingerprint density at radius 2 is 2.14 bits per heavy atom. The van der Waals surface area contributed by atoms with Gasteiger partial charge < -0.3 is 0 Å². The lowest BCUT2D eigenvalue weighted by molar-refractivity contribution is -0.119. The number of carbonyl (C=O) groups is 1. The maximum absolute atomic E-state index is 11.3. The molecule has 78 valence electrons. The van der Waals surface area contributed by atoms with Crippen LogP contribution in [0.3, 0.4) is 0 Å². The molecule has 1 atom stereocenters. The van der Waals surface area contributed by atoms with E-state index in [1.807, 2.05) is 26.0 Å². The van der Waals surface area contributed by atoms with Gasteiger partial charge in [0, 0.05) is 12.8 Å². The first kappa shape index (κ1) is 12.9. The van der Waals surface area contributed by atoms with Crippen LogP contribution in [0.1, 0.15) is 33.1 Å². The fraction of sp³-hybridized carbons (Fsp3) is 0.462. The predicted molar refractivity (Wildman–Crippen MR) is 62.2 cm³/mol. The highest BCUT2D eigenvalue weighted by molar-refractivity contribution is 5.78. The van der Waals surface area contributed by atoms with Gasteiger partial charge in [-0.1, -0.05) is 50.8 Å². The quantitative estimate of drug-likeness (QED) is 0.562. The number of carbonyl (C=O) groups excluding carboxylic acids is 1. The largest absolute Gasteiger partial charge is 0.300 e. The van der Waals surface area contributed by atoms with Crippen molar-refractivity contribution in [2.24, 2.45) is 5.92 Å². The molecule has 0 aliphatic rings. The molecule has 0 aliphatic carbocycles. The van der Waals surface area contributed by atoms with Crippen molar-refractivity contribution in [1.82, 2.24) is 0 Å². The van der Waals surface area contributed by atoms with E-state index in [0.717, 1.165) is 12.0 Å². The van der Waals surface area contributed by atoms with Gasteiger partial charge in [0.2, 0.25) is 0 Å². The minimum absolute atomic E-state index is 0.241. The lowest BCUT2D eigenvalue weighted by atomic mass is 9.95. The molecule has 0 fully saturated rings. The van der Waals surface area contributed by atoms with Gasteiger partial charge in [-0.15, -0.1) is 0 Å². The van der Waals surface area contributed by atoms with E-state index in [0.29, 0.717) is 18.6 Å². The molecule has 1 nitrogen and oxygen atoms in total. The highest BCUT2D eigenvalue weighted by Crippen LogP contribution is 2.15. The van der Waals surface area contributed by atoms with Crippen LogP contribution in [-0.2, 0) is 4.79 Å². The third-order valence-corrected chi connectivity index (χ3v) is 2.14. The van der Waals surface area contributed by atoms with E-state index in [2.05, 4.69) is 13.2 Å². The number of hydrogen-bond acceptors (Lipinski definition) is 1. The highest BCUT2D eigenvalue weighted by Gasteiger charge is 2.09. The van der Waals surface area contributed by atoms with Crippen LogP contribution in [0.2, 0.25) is 0 Å². The van der Waals surface area contributed by atoms with Crippen LogP contribution in [0, 0.1) is 5.92 Å². The second-order valence-electron chi connectivity index (χ2n) is 3.56. The van der Waals surface area contributed by atoms with Gasteiger partial charge in [0.25, 0.3) is 0 Å². The molecule has 0 rings (SSSR count). The first-order chi connectivity index (χ1) is 6.61. The second kappa shape index (κ2) is 7.31. The summed E-state index contributed by atoms with van der Waals surface area (Å²) in [6.07, 6.45) is 7.70. The topological polar surface area (TPSA) is 17.1 Å². The number of rotatable bonds is 7. The van der Waals surface area contributed by atoms with Gasteiger partial charge in [0.05, 0.1) is 0 Å². The van der Waals surface area contributed by atoms with E-state index in [4.69, 9.17) is 0 Å². The highest BCUT2D eigenvalue weighted by atomic mass is 16.1. The van der Waals surface area contributed by atoms with Crippen molar-refractivity contribution in [3.05, 3.63) is 37.0 Å². The molecule has 0 saturated heterocycles. The fourth-order valence-electron chi connectivity index (χ4n) is 1.21. The van der Waals surface area contributed by atoms with Gasteiger partial charge in [-0.3, -0.25) is 4.79 Å². The third-order valence-electron chi connectivity index (χ3n) is 2.14. The Kier molecular flexibility index (Phi) is 6.73. The molecule has 0 radical (unpaired) electrons. The monoisotopic (exact) mass is 192 g/mol. The zero-order chi connectivity index (χ0) is 11.0. The van der Waals surface area contributed by atoms with E-state index in [1.165, 1.54) is 0 Å². The Hall–Kier alpha value is -1.11.